The van der Waals surface area contributed by atoms with Gasteiger partial charge in [0.05, 0.1) is 17.2 Å². The van der Waals surface area contributed by atoms with Gasteiger partial charge >= 0.3 is 6.03 Å². The molecule has 0 spiro atoms. The summed E-state index contributed by atoms with van der Waals surface area (Å²) in [4.78, 5) is 40.9. The van der Waals surface area contributed by atoms with E-state index in [9.17, 15) is 14.4 Å². The maximum Gasteiger partial charge on any atom is 0.325 e. The quantitative estimate of drug-likeness (QED) is 0.747. The Morgan fingerprint density at radius 1 is 1.04 bits per heavy atom. The van der Waals surface area contributed by atoms with Crippen LogP contribution in [0.1, 0.15) is 16.7 Å². The van der Waals surface area contributed by atoms with E-state index in [1.807, 2.05) is 39.0 Å². The second-order valence-corrected chi connectivity index (χ2v) is 6.45. The number of carbonyl (C=O) groups excluding carboxylic acids is 2. The van der Waals surface area contributed by atoms with Crippen molar-refractivity contribution in [3.05, 3.63) is 69.8 Å². The van der Waals surface area contributed by atoms with Gasteiger partial charge in [-0.2, -0.15) is 0 Å². The van der Waals surface area contributed by atoms with Crippen molar-refractivity contribution in [2.45, 2.75) is 27.3 Å². The summed E-state index contributed by atoms with van der Waals surface area (Å²) in [5.74, 6) is -0.604. The highest BCUT2D eigenvalue weighted by molar-refractivity contribution is 6.01. The van der Waals surface area contributed by atoms with Crippen LogP contribution in [0.25, 0.3) is 10.9 Å². The van der Waals surface area contributed by atoms with Crippen LogP contribution < -0.4 is 16.2 Å². The number of carbonyl (C=O) groups is 2. The number of rotatable bonds is 3. The molecule has 2 N–H and O–H groups in total. The Kier molecular flexibility index (Phi) is 5.03. The van der Waals surface area contributed by atoms with Crippen LogP contribution in [0.15, 0.2) is 47.5 Å². The summed E-state index contributed by atoms with van der Waals surface area (Å²) < 4.78 is 1.18. The number of amides is 3. The minimum atomic E-state index is -0.652. The van der Waals surface area contributed by atoms with Gasteiger partial charge in [0.15, 0.2) is 0 Å². The smallest absolute Gasteiger partial charge is 0.308 e. The van der Waals surface area contributed by atoms with Crippen molar-refractivity contribution in [2.75, 3.05) is 5.32 Å². The first-order valence-electron chi connectivity index (χ1n) is 8.48. The summed E-state index contributed by atoms with van der Waals surface area (Å²) in [7, 11) is 0. The Balaban J connectivity index is 1.69. The van der Waals surface area contributed by atoms with E-state index in [0.717, 1.165) is 16.7 Å². The maximum absolute atomic E-state index is 12.5. The van der Waals surface area contributed by atoms with E-state index in [2.05, 4.69) is 15.6 Å². The molecule has 3 amide bonds. The van der Waals surface area contributed by atoms with Crippen LogP contribution in [0, 0.1) is 20.8 Å². The Morgan fingerprint density at radius 3 is 2.56 bits per heavy atom. The molecule has 0 saturated carbocycles. The molecule has 0 unspecified atom stereocenters. The zero-order valence-corrected chi connectivity index (χ0v) is 15.4. The third kappa shape index (κ3) is 4.03. The topological polar surface area (TPSA) is 93.1 Å². The zero-order valence-electron chi connectivity index (χ0n) is 15.4. The first-order chi connectivity index (χ1) is 12.8. The largest absolute Gasteiger partial charge is 0.325 e. The van der Waals surface area contributed by atoms with Gasteiger partial charge in [-0.05, 0) is 55.7 Å². The number of para-hydroxylation sites is 1. The first kappa shape index (κ1) is 18.3. The number of aromatic nitrogens is 2. The summed E-state index contributed by atoms with van der Waals surface area (Å²) in [6, 6.07) is 10.1. The average molecular weight is 364 g/mol. The van der Waals surface area contributed by atoms with E-state index >= 15 is 0 Å². The third-order valence-electron chi connectivity index (χ3n) is 4.39. The number of urea groups is 1. The molecule has 0 aliphatic rings. The standard InChI is InChI=1S/C20H20N4O3/c1-12-7-8-15(9-14(12)3)22-20(27)23-17(25)10-24-11-21-18-13(2)5-4-6-16(18)19(24)26/h4-9,11H,10H2,1-3H3,(H2,22,23,25,27). The van der Waals surface area contributed by atoms with Gasteiger partial charge < -0.3 is 5.32 Å². The van der Waals surface area contributed by atoms with Gasteiger partial charge in [-0.15, -0.1) is 0 Å². The molecule has 0 aliphatic heterocycles. The number of anilines is 1. The van der Waals surface area contributed by atoms with Crippen LogP contribution >= 0.6 is 0 Å². The summed E-state index contributed by atoms with van der Waals surface area (Å²) in [5.41, 5.74) is 3.89. The van der Waals surface area contributed by atoms with Crippen molar-refractivity contribution >= 4 is 28.5 Å². The highest BCUT2D eigenvalue weighted by Crippen LogP contribution is 2.14. The third-order valence-corrected chi connectivity index (χ3v) is 4.39. The van der Waals surface area contributed by atoms with Gasteiger partial charge in [-0.1, -0.05) is 18.2 Å². The molecule has 1 aromatic heterocycles. The van der Waals surface area contributed by atoms with Crippen LogP contribution in [0.2, 0.25) is 0 Å². The van der Waals surface area contributed by atoms with Crippen molar-refractivity contribution in [1.29, 1.82) is 0 Å². The van der Waals surface area contributed by atoms with Crippen molar-refractivity contribution in [2.24, 2.45) is 0 Å². The molecule has 0 atom stereocenters. The van der Waals surface area contributed by atoms with Gasteiger partial charge in [0.25, 0.3) is 5.56 Å². The summed E-state index contributed by atoms with van der Waals surface area (Å²) in [5, 5.41) is 5.26. The number of nitrogens with one attached hydrogen (secondary N) is 2. The van der Waals surface area contributed by atoms with E-state index in [-0.39, 0.29) is 12.1 Å². The normalized spacial score (nSPS) is 10.6. The lowest BCUT2D eigenvalue weighted by Crippen LogP contribution is -2.38. The number of benzene rings is 2. The van der Waals surface area contributed by atoms with Gasteiger partial charge in [-0.25, -0.2) is 9.78 Å². The van der Waals surface area contributed by atoms with Crippen LogP contribution in [-0.4, -0.2) is 21.5 Å². The number of hydrogen-bond donors (Lipinski definition) is 2. The van der Waals surface area contributed by atoms with Crippen LogP contribution in [0.3, 0.4) is 0 Å². The molecule has 2 aromatic carbocycles. The fraction of sp³-hybridized carbons (Fsp3) is 0.200. The Bertz CT molecular complexity index is 1100. The minimum absolute atomic E-state index is 0.296. The molecule has 3 aromatic rings. The van der Waals surface area contributed by atoms with Crippen LogP contribution in [-0.2, 0) is 11.3 Å². The summed E-state index contributed by atoms with van der Waals surface area (Å²) in [6.45, 7) is 5.48. The van der Waals surface area contributed by atoms with Crippen LogP contribution in [0.4, 0.5) is 10.5 Å². The monoisotopic (exact) mass is 364 g/mol. The zero-order chi connectivity index (χ0) is 19.6. The Hall–Kier alpha value is -3.48. The van der Waals surface area contributed by atoms with Crippen molar-refractivity contribution < 1.29 is 9.59 Å². The fourth-order valence-electron chi connectivity index (χ4n) is 2.75. The predicted octanol–water partition coefficient (Wildman–Crippen LogP) is 2.67. The van der Waals surface area contributed by atoms with Crippen LogP contribution in [0.5, 0.6) is 0 Å². The molecule has 138 valence electrons. The molecule has 0 aliphatic carbocycles. The Labute approximate surface area is 156 Å². The van der Waals surface area contributed by atoms with Gasteiger partial charge in [0, 0.05) is 5.69 Å². The highest BCUT2D eigenvalue weighted by atomic mass is 16.2. The van der Waals surface area contributed by atoms with E-state index in [1.54, 1.807) is 18.2 Å². The molecule has 0 radical (unpaired) electrons. The molecule has 7 nitrogen and oxygen atoms in total. The number of nitrogens with zero attached hydrogens (tertiary/aromatic N) is 2. The SMILES string of the molecule is Cc1ccc(NC(=O)NC(=O)Cn2cnc3c(C)cccc3c2=O)cc1C. The van der Waals surface area contributed by atoms with E-state index in [1.165, 1.54) is 10.9 Å². The summed E-state index contributed by atoms with van der Waals surface area (Å²) in [6.07, 6.45) is 1.32. The molecule has 27 heavy (non-hydrogen) atoms. The molecule has 1 heterocycles. The van der Waals surface area contributed by atoms with Crippen molar-refractivity contribution in [3.63, 3.8) is 0 Å². The summed E-state index contributed by atoms with van der Waals surface area (Å²) >= 11 is 0. The number of aryl methyl sites for hydroxylation is 3. The number of hydrogen-bond acceptors (Lipinski definition) is 4. The second kappa shape index (κ2) is 7.41. The molecular weight excluding hydrogens is 344 g/mol. The van der Waals surface area contributed by atoms with Crippen molar-refractivity contribution in [1.82, 2.24) is 14.9 Å². The van der Waals surface area contributed by atoms with E-state index in [0.29, 0.717) is 16.6 Å². The van der Waals surface area contributed by atoms with Crippen molar-refractivity contribution in [3.8, 4) is 0 Å². The molecule has 7 heteroatoms. The minimum Gasteiger partial charge on any atom is -0.308 e. The van der Waals surface area contributed by atoms with Gasteiger partial charge in [0.1, 0.15) is 6.54 Å². The first-order valence-corrected chi connectivity index (χ1v) is 8.48. The molecule has 3 rings (SSSR count). The number of fused-ring (bicyclic) bond motifs is 1. The molecule has 0 fully saturated rings. The lowest BCUT2D eigenvalue weighted by molar-refractivity contribution is -0.120. The molecular formula is C20H20N4O3. The molecule has 0 bridgehead atoms. The lowest BCUT2D eigenvalue weighted by atomic mass is 10.1. The highest BCUT2D eigenvalue weighted by Gasteiger charge is 2.12. The maximum atomic E-state index is 12.5. The molecule has 0 saturated heterocycles. The average Bonchev–Trinajstić information content (AvgIpc) is 2.61. The second-order valence-electron chi connectivity index (χ2n) is 6.45. The van der Waals surface area contributed by atoms with E-state index < -0.39 is 11.9 Å². The predicted molar refractivity (Wildman–Crippen MR) is 104 cm³/mol. The Morgan fingerprint density at radius 2 is 1.81 bits per heavy atom. The number of imide groups is 1. The van der Waals surface area contributed by atoms with Gasteiger partial charge in [0.2, 0.25) is 5.91 Å². The van der Waals surface area contributed by atoms with Gasteiger partial charge in [-0.3, -0.25) is 19.5 Å². The van der Waals surface area contributed by atoms with E-state index in [4.69, 9.17) is 0 Å². The lowest BCUT2D eigenvalue weighted by Gasteiger charge is -2.10. The fourth-order valence-corrected chi connectivity index (χ4v) is 2.75.